The summed E-state index contributed by atoms with van der Waals surface area (Å²) in [5.74, 6) is 2.53. The minimum Gasteiger partial charge on any atom is -0.372 e. The summed E-state index contributed by atoms with van der Waals surface area (Å²) < 4.78 is 0. The van der Waals surface area contributed by atoms with Crippen LogP contribution in [0.15, 0.2) is 11.4 Å². The van der Waals surface area contributed by atoms with E-state index in [1.165, 1.54) is 6.42 Å². The Labute approximate surface area is 118 Å². The Hall–Kier alpha value is -1.20. The molecule has 0 saturated carbocycles. The van der Waals surface area contributed by atoms with E-state index in [2.05, 4.69) is 52.5 Å². The number of thiophene rings is 1. The molecule has 1 unspecified atom stereocenters. The van der Waals surface area contributed by atoms with Crippen LogP contribution in [0.2, 0.25) is 0 Å². The smallest absolute Gasteiger partial charge is 0.146 e. The lowest BCUT2D eigenvalue weighted by atomic mass is 10.1. The van der Waals surface area contributed by atoms with Crippen molar-refractivity contribution in [3.05, 3.63) is 17.3 Å². The zero-order valence-corrected chi connectivity index (χ0v) is 12.9. The number of fused-ring (bicyclic) bond motifs is 1. The number of anilines is 1. The molecule has 4 nitrogen and oxygen atoms in total. The molecule has 0 amide bonds. The zero-order valence-electron chi connectivity index (χ0n) is 12.1. The molecule has 0 aliphatic carbocycles. The second-order valence-corrected chi connectivity index (χ2v) is 5.98. The van der Waals surface area contributed by atoms with Gasteiger partial charge in [0.15, 0.2) is 0 Å². The molecule has 0 fully saturated rings. The minimum atomic E-state index is 0.708. The van der Waals surface area contributed by atoms with Gasteiger partial charge in [-0.25, -0.2) is 9.97 Å². The lowest BCUT2D eigenvalue weighted by Gasteiger charge is -2.19. The van der Waals surface area contributed by atoms with Gasteiger partial charge in [-0.05, 0) is 24.4 Å². The van der Waals surface area contributed by atoms with Gasteiger partial charge in [0.05, 0.1) is 11.9 Å². The Kier molecular flexibility index (Phi) is 4.71. The van der Waals surface area contributed by atoms with Gasteiger partial charge in [0.2, 0.25) is 0 Å². The van der Waals surface area contributed by atoms with Crippen molar-refractivity contribution in [2.45, 2.75) is 26.8 Å². The summed E-state index contributed by atoms with van der Waals surface area (Å²) in [4.78, 5) is 12.6. The molecule has 2 rings (SSSR count). The fourth-order valence-electron chi connectivity index (χ4n) is 2.13. The molecule has 2 aromatic rings. The molecule has 0 bridgehead atoms. The van der Waals surface area contributed by atoms with Crippen LogP contribution in [0.4, 0.5) is 5.82 Å². The monoisotopic (exact) mass is 278 g/mol. The molecule has 2 heterocycles. The molecular formula is C14H22N4S. The fraction of sp³-hybridized carbons (Fsp3) is 0.571. The number of aromatic nitrogens is 2. The standard InChI is InChI=1S/C14H22N4S/c1-5-10(2)8-18(4)9-12-16-13(15-3)11-6-7-19-14(11)17-12/h6-7,10H,5,8-9H2,1-4H3,(H,15,16,17). The largest absolute Gasteiger partial charge is 0.372 e. The quantitative estimate of drug-likeness (QED) is 0.881. The van der Waals surface area contributed by atoms with Crippen molar-refractivity contribution in [3.63, 3.8) is 0 Å². The number of rotatable bonds is 6. The Morgan fingerprint density at radius 3 is 2.89 bits per heavy atom. The average Bonchev–Trinajstić information content (AvgIpc) is 2.85. The summed E-state index contributed by atoms with van der Waals surface area (Å²) in [6.45, 7) is 6.38. The van der Waals surface area contributed by atoms with E-state index in [-0.39, 0.29) is 0 Å². The summed E-state index contributed by atoms with van der Waals surface area (Å²) in [7, 11) is 4.04. The second-order valence-electron chi connectivity index (χ2n) is 5.09. The highest BCUT2D eigenvalue weighted by Gasteiger charge is 2.11. The molecule has 1 atom stereocenters. The highest BCUT2D eigenvalue weighted by Crippen LogP contribution is 2.24. The third-order valence-corrected chi connectivity index (χ3v) is 4.15. The zero-order chi connectivity index (χ0) is 13.8. The Balaban J connectivity index is 2.16. The van der Waals surface area contributed by atoms with Crippen LogP contribution in [0.5, 0.6) is 0 Å². The molecule has 19 heavy (non-hydrogen) atoms. The highest BCUT2D eigenvalue weighted by atomic mass is 32.1. The number of hydrogen-bond donors (Lipinski definition) is 1. The maximum Gasteiger partial charge on any atom is 0.146 e. The summed E-state index contributed by atoms with van der Waals surface area (Å²) in [6.07, 6.45) is 1.21. The van der Waals surface area contributed by atoms with Crippen molar-refractivity contribution in [2.24, 2.45) is 5.92 Å². The summed E-state index contributed by atoms with van der Waals surface area (Å²) in [6, 6.07) is 2.07. The summed E-state index contributed by atoms with van der Waals surface area (Å²) >= 11 is 1.67. The van der Waals surface area contributed by atoms with Crippen LogP contribution in [0.25, 0.3) is 10.2 Å². The topological polar surface area (TPSA) is 41.1 Å². The first kappa shape index (κ1) is 14.2. The van der Waals surface area contributed by atoms with Crippen molar-refractivity contribution in [1.29, 1.82) is 0 Å². The third-order valence-electron chi connectivity index (χ3n) is 3.34. The van der Waals surface area contributed by atoms with Gasteiger partial charge in [-0.2, -0.15) is 0 Å². The van der Waals surface area contributed by atoms with Gasteiger partial charge in [-0.15, -0.1) is 11.3 Å². The van der Waals surface area contributed by atoms with Crippen LogP contribution in [0, 0.1) is 5.92 Å². The van der Waals surface area contributed by atoms with Crippen molar-refractivity contribution in [2.75, 3.05) is 26.0 Å². The minimum absolute atomic E-state index is 0.708. The number of nitrogens with zero attached hydrogens (tertiary/aromatic N) is 3. The van der Waals surface area contributed by atoms with Gasteiger partial charge < -0.3 is 5.32 Å². The highest BCUT2D eigenvalue weighted by molar-refractivity contribution is 7.16. The van der Waals surface area contributed by atoms with E-state index in [1.807, 2.05) is 7.05 Å². The first-order valence-corrected chi connectivity index (χ1v) is 7.62. The Bertz CT molecular complexity index is 537. The molecule has 0 radical (unpaired) electrons. The van der Waals surface area contributed by atoms with Gasteiger partial charge in [0.1, 0.15) is 16.5 Å². The van der Waals surface area contributed by atoms with E-state index >= 15 is 0 Å². The van der Waals surface area contributed by atoms with Crippen LogP contribution in [-0.4, -0.2) is 35.5 Å². The molecule has 2 aromatic heterocycles. The maximum absolute atomic E-state index is 4.64. The first-order chi connectivity index (χ1) is 9.13. The van der Waals surface area contributed by atoms with Crippen molar-refractivity contribution in [3.8, 4) is 0 Å². The first-order valence-electron chi connectivity index (χ1n) is 6.74. The average molecular weight is 278 g/mol. The van der Waals surface area contributed by atoms with Crippen molar-refractivity contribution >= 4 is 27.4 Å². The van der Waals surface area contributed by atoms with Crippen LogP contribution in [-0.2, 0) is 6.54 Å². The third kappa shape index (κ3) is 3.42. The molecule has 104 valence electrons. The Morgan fingerprint density at radius 2 is 2.21 bits per heavy atom. The second kappa shape index (κ2) is 6.30. The van der Waals surface area contributed by atoms with Gasteiger partial charge >= 0.3 is 0 Å². The predicted octanol–water partition coefficient (Wildman–Crippen LogP) is 3.21. The van der Waals surface area contributed by atoms with E-state index in [0.29, 0.717) is 5.92 Å². The molecular weight excluding hydrogens is 256 g/mol. The molecule has 0 aliphatic rings. The molecule has 0 spiro atoms. The SMILES string of the molecule is CCC(C)CN(C)Cc1nc(NC)c2ccsc2n1. The number of nitrogens with one attached hydrogen (secondary N) is 1. The van der Waals surface area contributed by atoms with Gasteiger partial charge in [0.25, 0.3) is 0 Å². The lowest BCUT2D eigenvalue weighted by molar-refractivity contribution is 0.270. The van der Waals surface area contributed by atoms with E-state index in [4.69, 9.17) is 0 Å². The predicted molar refractivity (Wildman–Crippen MR) is 82.8 cm³/mol. The van der Waals surface area contributed by atoms with Gasteiger partial charge in [0, 0.05) is 13.6 Å². The van der Waals surface area contributed by atoms with E-state index in [9.17, 15) is 0 Å². The summed E-state index contributed by atoms with van der Waals surface area (Å²) in [5.41, 5.74) is 0. The maximum atomic E-state index is 4.64. The van der Waals surface area contributed by atoms with Gasteiger partial charge in [-0.1, -0.05) is 20.3 Å². The van der Waals surface area contributed by atoms with E-state index < -0.39 is 0 Å². The lowest BCUT2D eigenvalue weighted by Crippen LogP contribution is -2.24. The van der Waals surface area contributed by atoms with Crippen molar-refractivity contribution in [1.82, 2.24) is 14.9 Å². The van der Waals surface area contributed by atoms with Crippen LogP contribution >= 0.6 is 11.3 Å². The molecule has 1 N–H and O–H groups in total. The van der Waals surface area contributed by atoms with E-state index in [0.717, 1.165) is 34.9 Å². The molecule has 0 aromatic carbocycles. The summed E-state index contributed by atoms with van der Waals surface area (Å²) in [5, 5.41) is 6.33. The fourth-order valence-corrected chi connectivity index (χ4v) is 2.91. The van der Waals surface area contributed by atoms with Crippen LogP contribution < -0.4 is 5.32 Å². The molecule has 5 heteroatoms. The van der Waals surface area contributed by atoms with Crippen molar-refractivity contribution < 1.29 is 0 Å². The number of hydrogen-bond acceptors (Lipinski definition) is 5. The molecule has 0 aliphatic heterocycles. The van der Waals surface area contributed by atoms with Crippen LogP contribution in [0.1, 0.15) is 26.1 Å². The normalized spacial score (nSPS) is 13.1. The Morgan fingerprint density at radius 1 is 1.42 bits per heavy atom. The van der Waals surface area contributed by atoms with Crippen LogP contribution in [0.3, 0.4) is 0 Å². The molecule has 0 saturated heterocycles. The van der Waals surface area contributed by atoms with E-state index in [1.54, 1.807) is 11.3 Å². The van der Waals surface area contributed by atoms with Gasteiger partial charge in [-0.3, -0.25) is 4.90 Å².